The summed E-state index contributed by atoms with van der Waals surface area (Å²) in [5, 5.41) is 11.0. The molecule has 0 aromatic heterocycles. The Hall–Kier alpha value is -3.11. The first-order chi connectivity index (χ1) is 15.6. The molecule has 1 amide bonds. The molecule has 0 bridgehead atoms. The van der Waals surface area contributed by atoms with Gasteiger partial charge in [0.1, 0.15) is 6.61 Å². The van der Waals surface area contributed by atoms with Gasteiger partial charge >= 0.3 is 6.09 Å². The van der Waals surface area contributed by atoms with Gasteiger partial charge in [0.05, 0.1) is 12.1 Å². The molecule has 164 valence electrons. The van der Waals surface area contributed by atoms with Crippen molar-refractivity contribution in [3.63, 3.8) is 0 Å². The largest absolute Gasteiger partial charge is 0.448 e. The molecule has 0 spiro atoms. The van der Waals surface area contributed by atoms with E-state index in [1.807, 2.05) is 54.6 Å². The molecule has 0 heterocycles. The van der Waals surface area contributed by atoms with Crippen molar-refractivity contribution < 1.29 is 14.6 Å². The highest BCUT2D eigenvalue weighted by Crippen LogP contribution is 2.44. The van der Waals surface area contributed by atoms with Gasteiger partial charge in [-0.15, -0.1) is 0 Å². The van der Waals surface area contributed by atoms with Gasteiger partial charge in [-0.1, -0.05) is 91.7 Å². The van der Waals surface area contributed by atoms with Crippen LogP contribution in [0.3, 0.4) is 0 Å². The van der Waals surface area contributed by atoms with Crippen molar-refractivity contribution in [1.29, 1.82) is 0 Å². The topological polar surface area (TPSA) is 49.8 Å². The minimum Gasteiger partial charge on any atom is -0.448 e. The molecular weight excluding hydrogens is 398 g/mol. The lowest BCUT2D eigenvalue weighted by Gasteiger charge is -2.31. The van der Waals surface area contributed by atoms with Crippen LogP contribution in [0.5, 0.6) is 0 Å². The third-order valence-corrected chi connectivity index (χ3v) is 6.83. The Bertz CT molecular complexity index is 1040. The van der Waals surface area contributed by atoms with Crippen molar-refractivity contribution in [2.24, 2.45) is 0 Å². The molecule has 5 rings (SSSR count). The molecule has 0 radical (unpaired) electrons. The highest BCUT2D eigenvalue weighted by Gasteiger charge is 2.36. The first-order valence-corrected chi connectivity index (χ1v) is 11.5. The van der Waals surface area contributed by atoms with Crippen LogP contribution in [0.2, 0.25) is 0 Å². The summed E-state index contributed by atoms with van der Waals surface area (Å²) in [5.74, 6) is 0.0273. The summed E-state index contributed by atoms with van der Waals surface area (Å²) in [7, 11) is 0. The average molecular weight is 428 g/mol. The molecule has 4 heteroatoms. The van der Waals surface area contributed by atoms with Gasteiger partial charge in [0.15, 0.2) is 0 Å². The molecule has 2 aliphatic rings. The average Bonchev–Trinajstić information content (AvgIpc) is 3.39. The van der Waals surface area contributed by atoms with E-state index in [1.54, 1.807) is 4.90 Å². The molecule has 4 nitrogen and oxygen atoms in total. The number of carbonyl (C=O) groups is 1. The summed E-state index contributed by atoms with van der Waals surface area (Å²) >= 11 is 0. The zero-order valence-electron chi connectivity index (χ0n) is 18.2. The summed E-state index contributed by atoms with van der Waals surface area (Å²) in [6.45, 7) is 1.02. The fraction of sp³-hybridized carbons (Fsp3) is 0.321. The minimum atomic E-state index is -0.819. The molecule has 1 fully saturated rings. The number of hydrogen-bond acceptors (Lipinski definition) is 3. The lowest BCUT2D eigenvalue weighted by molar-refractivity contribution is 0.00348. The quantitative estimate of drug-likeness (QED) is 0.545. The van der Waals surface area contributed by atoms with Gasteiger partial charge in [0.2, 0.25) is 0 Å². The maximum atomic E-state index is 13.3. The molecule has 3 aromatic carbocycles. The van der Waals surface area contributed by atoms with E-state index < -0.39 is 5.60 Å². The highest BCUT2D eigenvalue weighted by atomic mass is 16.6. The summed E-state index contributed by atoms with van der Waals surface area (Å²) in [6, 6.07) is 26.6. The fourth-order valence-electron chi connectivity index (χ4n) is 5.22. The lowest BCUT2D eigenvalue weighted by atomic mass is 9.98. The summed E-state index contributed by atoms with van der Waals surface area (Å²) in [6.07, 6.45) is 3.10. The molecule has 0 atom stereocenters. The van der Waals surface area contributed by atoms with Crippen LogP contribution < -0.4 is 0 Å². The van der Waals surface area contributed by atoms with Gasteiger partial charge in [0, 0.05) is 12.5 Å². The number of fused-ring (bicyclic) bond motifs is 3. The van der Waals surface area contributed by atoms with Gasteiger partial charge in [-0.05, 0) is 40.7 Å². The number of nitrogens with zero attached hydrogens (tertiary/aromatic N) is 1. The first-order valence-electron chi connectivity index (χ1n) is 11.5. The van der Waals surface area contributed by atoms with Crippen molar-refractivity contribution in [2.45, 2.75) is 43.7 Å². The minimum absolute atomic E-state index is 0.0273. The summed E-state index contributed by atoms with van der Waals surface area (Å²) in [5.41, 5.74) is 5.04. The van der Waals surface area contributed by atoms with E-state index in [1.165, 1.54) is 22.3 Å². The van der Waals surface area contributed by atoms with Crippen LogP contribution in [0.25, 0.3) is 11.1 Å². The SMILES string of the molecule is O=C(OCC1c2ccccc2-c2ccccc21)N(Cc1ccccc1)CC1(O)CCCC1. The number of ether oxygens (including phenoxy) is 1. The molecule has 0 saturated heterocycles. The van der Waals surface area contributed by atoms with Crippen LogP contribution in [0, 0.1) is 0 Å². The maximum absolute atomic E-state index is 13.3. The third kappa shape index (κ3) is 4.15. The maximum Gasteiger partial charge on any atom is 0.410 e. The predicted octanol–water partition coefficient (Wildman–Crippen LogP) is 5.74. The third-order valence-electron chi connectivity index (χ3n) is 6.83. The molecule has 0 aliphatic heterocycles. The van der Waals surface area contributed by atoms with E-state index in [0.29, 0.717) is 13.1 Å². The van der Waals surface area contributed by atoms with E-state index >= 15 is 0 Å². The van der Waals surface area contributed by atoms with Gasteiger partial charge in [0.25, 0.3) is 0 Å². The first kappa shape index (κ1) is 20.8. The van der Waals surface area contributed by atoms with Crippen molar-refractivity contribution in [2.75, 3.05) is 13.2 Å². The lowest BCUT2D eigenvalue weighted by Crippen LogP contribution is -2.44. The molecule has 3 aromatic rings. The monoisotopic (exact) mass is 427 g/mol. The zero-order valence-corrected chi connectivity index (χ0v) is 18.2. The van der Waals surface area contributed by atoms with E-state index in [2.05, 4.69) is 24.3 Å². The Morgan fingerprint density at radius 3 is 2.06 bits per heavy atom. The molecule has 1 saturated carbocycles. The van der Waals surface area contributed by atoms with Crippen molar-refractivity contribution in [1.82, 2.24) is 4.90 Å². The number of rotatable bonds is 6. The second kappa shape index (κ2) is 8.79. The Morgan fingerprint density at radius 2 is 1.44 bits per heavy atom. The van der Waals surface area contributed by atoms with Crippen LogP contribution in [-0.2, 0) is 11.3 Å². The number of amides is 1. The van der Waals surface area contributed by atoms with E-state index in [0.717, 1.165) is 31.2 Å². The van der Waals surface area contributed by atoms with Crippen LogP contribution in [0.4, 0.5) is 4.79 Å². The van der Waals surface area contributed by atoms with Gasteiger partial charge in [-0.3, -0.25) is 0 Å². The van der Waals surface area contributed by atoms with Gasteiger partial charge < -0.3 is 14.7 Å². The Labute approximate surface area is 189 Å². The molecule has 2 aliphatic carbocycles. The van der Waals surface area contributed by atoms with Crippen molar-refractivity contribution in [3.8, 4) is 11.1 Å². The van der Waals surface area contributed by atoms with Crippen LogP contribution in [-0.4, -0.2) is 34.9 Å². The van der Waals surface area contributed by atoms with E-state index in [4.69, 9.17) is 4.74 Å². The second-order valence-electron chi connectivity index (χ2n) is 9.08. The predicted molar refractivity (Wildman–Crippen MR) is 125 cm³/mol. The molecular formula is C28H29NO3. The molecule has 32 heavy (non-hydrogen) atoms. The van der Waals surface area contributed by atoms with E-state index in [-0.39, 0.29) is 18.6 Å². The van der Waals surface area contributed by atoms with Crippen molar-refractivity contribution >= 4 is 6.09 Å². The zero-order chi connectivity index (χ0) is 22.0. The van der Waals surface area contributed by atoms with E-state index in [9.17, 15) is 9.90 Å². The number of aliphatic hydroxyl groups is 1. The van der Waals surface area contributed by atoms with Gasteiger partial charge in [-0.2, -0.15) is 0 Å². The normalized spacial score (nSPS) is 16.4. The van der Waals surface area contributed by atoms with Crippen LogP contribution in [0.1, 0.15) is 48.3 Å². The highest BCUT2D eigenvalue weighted by molar-refractivity contribution is 5.79. The summed E-state index contributed by atoms with van der Waals surface area (Å²) < 4.78 is 5.91. The van der Waals surface area contributed by atoms with Gasteiger partial charge in [-0.25, -0.2) is 4.79 Å². The standard InChI is InChI=1S/C28H29NO3/c30-27(29(18-21-10-2-1-3-11-21)20-28(31)16-8-9-17-28)32-19-26-24-14-6-4-12-22(24)23-13-5-7-15-25(23)26/h1-7,10-15,26,31H,8-9,16-20H2. The Kier molecular flexibility index (Phi) is 5.71. The Balaban J connectivity index is 1.34. The smallest absolute Gasteiger partial charge is 0.410 e. The van der Waals surface area contributed by atoms with Crippen LogP contribution >= 0.6 is 0 Å². The van der Waals surface area contributed by atoms with Crippen LogP contribution in [0.15, 0.2) is 78.9 Å². The van der Waals surface area contributed by atoms with Crippen molar-refractivity contribution in [3.05, 3.63) is 95.6 Å². The molecule has 0 unspecified atom stereocenters. The molecule has 1 N–H and O–H groups in total. The summed E-state index contributed by atoms with van der Waals surface area (Å²) in [4.78, 5) is 14.9. The number of carbonyl (C=O) groups excluding carboxylic acids is 1. The fourth-order valence-corrected chi connectivity index (χ4v) is 5.22. The number of hydrogen-bond donors (Lipinski definition) is 1. The second-order valence-corrected chi connectivity index (χ2v) is 9.08. The Morgan fingerprint density at radius 1 is 0.875 bits per heavy atom. The number of benzene rings is 3.